The van der Waals surface area contributed by atoms with Crippen molar-refractivity contribution in [2.45, 2.75) is 6.36 Å². The molecule has 0 amide bonds. The van der Waals surface area contributed by atoms with Gasteiger partial charge in [-0.2, -0.15) is 0 Å². The Morgan fingerprint density at radius 3 is 2.29 bits per heavy atom. The van der Waals surface area contributed by atoms with Gasteiger partial charge in [-0.1, -0.05) is 34.8 Å². The summed E-state index contributed by atoms with van der Waals surface area (Å²) >= 11 is 16.1. The van der Waals surface area contributed by atoms with E-state index in [1.54, 1.807) is 0 Å². The standard InChI is InChI=1S/C6HCl3F3NO/c7-2-1-13-5(9)3(8)4(2)14-6(10,11)12/h1H. The number of rotatable bonds is 1. The Hall–Kier alpha value is -0.390. The Kier molecular flexibility index (Phi) is 3.34. The quantitative estimate of drug-likeness (QED) is 0.718. The van der Waals surface area contributed by atoms with E-state index in [9.17, 15) is 13.2 Å². The first kappa shape index (κ1) is 11.7. The summed E-state index contributed by atoms with van der Waals surface area (Å²) < 4.78 is 39.0. The third-order valence-corrected chi connectivity index (χ3v) is 2.11. The molecule has 1 aromatic rings. The van der Waals surface area contributed by atoms with Crippen LogP contribution in [0.5, 0.6) is 5.75 Å². The molecular formula is C6HCl3F3NO. The molecule has 0 saturated carbocycles. The van der Waals surface area contributed by atoms with E-state index in [-0.39, 0.29) is 10.2 Å². The molecule has 0 saturated heterocycles. The van der Waals surface area contributed by atoms with Crippen LogP contribution in [-0.2, 0) is 0 Å². The van der Waals surface area contributed by atoms with Crippen molar-refractivity contribution in [2.24, 2.45) is 0 Å². The zero-order valence-corrected chi connectivity index (χ0v) is 8.47. The average molecular weight is 266 g/mol. The van der Waals surface area contributed by atoms with Gasteiger partial charge in [-0.25, -0.2) is 4.98 Å². The maximum atomic E-state index is 11.8. The topological polar surface area (TPSA) is 22.1 Å². The average Bonchev–Trinajstić information content (AvgIpc) is 2.04. The number of aromatic nitrogens is 1. The van der Waals surface area contributed by atoms with E-state index >= 15 is 0 Å². The maximum Gasteiger partial charge on any atom is 0.573 e. The van der Waals surface area contributed by atoms with E-state index in [2.05, 4.69) is 9.72 Å². The molecule has 0 unspecified atom stereocenters. The number of hydrogen-bond acceptors (Lipinski definition) is 2. The van der Waals surface area contributed by atoms with E-state index in [0.29, 0.717) is 0 Å². The van der Waals surface area contributed by atoms with Crippen LogP contribution >= 0.6 is 34.8 Å². The van der Waals surface area contributed by atoms with Crippen LogP contribution in [0.2, 0.25) is 15.2 Å². The van der Waals surface area contributed by atoms with Crippen LogP contribution in [0.1, 0.15) is 0 Å². The number of nitrogens with zero attached hydrogens (tertiary/aromatic N) is 1. The highest BCUT2D eigenvalue weighted by Gasteiger charge is 2.33. The molecule has 0 fully saturated rings. The lowest BCUT2D eigenvalue weighted by atomic mass is 10.4. The van der Waals surface area contributed by atoms with Crippen molar-refractivity contribution in [1.82, 2.24) is 4.98 Å². The minimum absolute atomic E-state index is 0.310. The molecule has 0 aliphatic carbocycles. The fourth-order valence-corrected chi connectivity index (χ4v) is 1.19. The zero-order valence-electron chi connectivity index (χ0n) is 6.20. The summed E-state index contributed by atoms with van der Waals surface area (Å²) in [6.07, 6.45) is -3.96. The highest BCUT2D eigenvalue weighted by molar-refractivity contribution is 6.43. The van der Waals surface area contributed by atoms with Crippen molar-refractivity contribution in [1.29, 1.82) is 0 Å². The SMILES string of the molecule is FC(F)(F)Oc1c(Cl)cnc(Cl)c1Cl. The molecule has 2 nitrogen and oxygen atoms in total. The van der Waals surface area contributed by atoms with Gasteiger partial charge in [0.25, 0.3) is 0 Å². The molecule has 0 radical (unpaired) electrons. The molecule has 0 N–H and O–H groups in total. The lowest BCUT2D eigenvalue weighted by molar-refractivity contribution is -0.274. The van der Waals surface area contributed by atoms with Gasteiger partial charge in [0.15, 0.2) is 10.9 Å². The lowest BCUT2D eigenvalue weighted by Crippen LogP contribution is -2.17. The minimum atomic E-state index is -4.88. The monoisotopic (exact) mass is 265 g/mol. The van der Waals surface area contributed by atoms with Crippen LogP contribution in [0.3, 0.4) is 0 Å². The molecule has 78 valence electrons. The number of hydrogen-bond donors (Lipinski definition) is 0. The van der Waals surface area contributed by atoms with E-state index < -0.39 is 17.1 Å². The lowest BCUT2D eigenvalue weighted by Gasteiger charge is -2.11. The summed E-state index contributed by atoms with van der Waals surface area (Å²) in [6.45, 7) is 0. The second-order valence-corrected chi connectivity index (χ2v) is 3.23. The number of alkyl halides is 3. The number of ether oxygens (including phenoxy) is 1. The Morgan fingerprint density at radius 1 is 1.21 bits per heavy atom. The van der Waals surface area contributed by atoms with Crippen molar-refractivity contribution in [3.8, 4) is 5.75 Å². The van der Waals surface area contributed by atoms with Crippen LogP contribution in [-0.4, -0.2) is 11.3 Å². The Labute approximate surface area is 91.5 Å². The van der Waals surface area contributed by atoms with Gasteiger partial charge < -0.3 is 4.74 Å². The van der Waals surface area contributed by atoms with Gasteiger partial charge in [0, 0.05) is 0 Å². The molecule has 0 bridgehead atoms. The van der Waals surface area contributed by atoms with Crippen molar-refractivity contribution in [3.05, 3.63) is 21.4 Å². The molecule has 14 heavy (non-hydrogen) atoms. The van der Waals surface area contributed by atoms with Crippen LogP contribution in [0.4, 0.5) is 13.2 Å². The molecule has 1 heterocycles. The third kappa shape index (κ3) is 2.80. The predicted molar refractivity (Wildman–Crippen MR) is 46.0 cm³/mol. The van der Waals surface area contributed by atoms with Crippen LogP contribution < -0.4 is 4.74 Å². The highest BCUT2D eigenvalue weighted by atomic mass is 35.5. The Bertz CT molecular complexity index is 355. The van der Waals surface area contributed by atoms with E-state index in [4.69, 9.17) is 34.8 Å². The molecule has 0 aliphatic heterocycles. The van der Waals surface area contributed by atoms with E-state index in [0.717, 1.165) is 6.20 Å². The van der Waals surface area contributed by atoms with Gasteiger partial charge in [0.05, 0.1) is 6.20 Å². The summed E-state index contributed by atoms with van der Waals surface area (Å²) in [7, 11) is 0. The summed E-state index contributed by atoms with van der Waals surface area (Å²) in [5.41, 5.74) is 0. The van der Waals surface area contributed by atoms with Crippen LogP contribution in [0.25, 0.3) is 0 Å². The molecule has 0 aliphatic rings. The smallest absolute Gasteiger partial charge is 0.402 e. The molecule has 1 rings (SSSR count). The highest BCUT2D eigenvalue weighted by Crippen LogP contribution is 2.39. The second kappa shape index (κ2) is 4.00. The molecule has 0 aromatic carbocycles. The van der Waals surface area contributed by atoms with E-state index in [1.165, 1.54) is 0 Å². The first-order valence-electron chi connectivity index (χ1n) is 3.06. The van der Waals surface area contributed by atoms with Crippen molar-refractivity contribution in [3.63, 3.8) is 0 Å². The van der Waals surface area contributed by atoms with Crippen molar-refractivity contribution < 1.29 is 17.9 Å². The van der Waals surface area contributed by atoms with Gasteiger partial charge in [-0.15, -0.1) is 13.2 Å². The normalized spacial score (nSPS) is 11.6. The summed E-state index contributed by atoms with van der Waals surface area (Å²) in [5, 5.41) is -1.15. The third-order valence-electron chi connectivity index (χ3n) is 1.11. The predicted octanol–water partition coefficient (Wildman–Crippen LogP) is 3.94. The fraction of sp³-hybridized carbons (Fsp3) is 0.167. The second-order valence-electron chi connectivity index (χ2n) is 2.09. The largest absolute Gasteiger partial charge is 0.573 e. The van der Waals surface area contributed by atoms with Gasteiger partial charge in [-0.05, 0) is 0 Å². The Balaban J connectivity index is 3.13. The van der Waals surface area contributed by atoms with E-state index in [1.807, 2.05) is 0 Å². The molecule has 0 spiro atoms. The van der Waals surface area contributed by atoms with Crippen molar-refractivity contribution in [2.75, 3.05) is 0 Å². The van der Waals surface area contributed by atoms with Crippen molar-refractivity contribution >= 4 is 34.8 Å². The zero-order chi connectivity index (χ0) is 10.9. The number of pyridine rings is 1. The van der Waals surface area contributed by atoms with Gasteiger partial charge >= 0.3 is 6.36 Å². The molecule has 0 atom stereocenters. The Morgan fingerprint density at radius 2 is 1.79 bits per heavy atom. The van der Waals surface area contributed by atoms with Gasteiger partial charge in [0.1, 0.15) is 10.0 Å². The van der Waals surface area contributed by atoms with Gasteiger partial charge in [0.2, 0.25) is 0 Å². The maximum absolute atomic E-state index is 11.8. The summed E-state index contributed by atoms with van der Waals surface area (Å²) in [4.78, 5) is 3.42. The molecule has 8 heteroatoms. The van der Waals surface area contributed by atoms with Gasteiger partial charge in [-0.3, -0.25) is 0 Å². The molecule has 1 aromatic heterocycles. The minimum Gasteiger partial charge on any atom is -0.402 e. The first-order valence-corrected chi connectivity index (χ1v) is 4.20. The number of halogens is 6. The van der Waals surface area contributed by atoms with Crippen LogP contribution in [0, 0.1) is 0 Å². The summed E-state index contributed by atoms with van der Waals surface area (Å²) in [6, 6.07) is 0. The van der Waals surface area contributed by atoms with Crippen LogP contribution in [0.15, 0.2) is 6.20 Å². The fourth-order valence-electron chi connectivity index (χ4n) is 0.636. The molecular weight excluding hydrogens is 265 g/mol. The first-order chi connectivity index (χ1) is 6.31. The summed E-state index contributed by atoms with van der Waals surface area (Å²) in [5.74, 6) is -0.749.